The van der Waals surface area contributed by atoms with Crippen molar-refractivity contribution in [2.45, 2.75) is 13.5 Å². The number of aryl methyl sites for hydroxylation is 1. The van der Waals surface area contributed by atoms with Crippen LogP contribution in [-0.4, -0.2) is 51.3 Å². The van der Waals surface area contributed by atoms with Crippen LogP contribution in [0.15, 0.2) is 59.7 Å². The number of amides is 1. The summed E-state index contributed by atoms with van der Waals surface area (Å²) in [6.45, 7) is 5.79. The van der Waals surface area contributed by atoms with Gasteiger partial charge in [0.15, 0.2) is 0 Å². The summed E-state index contributed by atoms with van der Waals surface area (Å²) in [7, 11) is 0. The van der Waals surface area contributed by atoms with E-state index in [1.165, 1.54) is 21.7 Å². The fourth-order valence-electron chi connectivity index (χ4n) is 3.52. The van der Waals surface area contributed by atoms with Crippen molar-refractivity contribution in [1.29, 1.82) is 0 Å². The molecular weight excluding hydrogens is 340 g/mol. The van der Waals surface area contributed by atoms with E-state index in [2.05, 4.69) is 41.1 Å². The van der Waals surface area contributed by atoms with Crippen molar-refractivity contribution in [3.8, 4) is 0 Å². The van der Waals surface area contributed by atoms with Crippen LogP contribution in [-0.2, 0) is 6.54 Å². The SMILES string of the molecule is Cc1cccc(CN2CCN(C(=O)c3cnc4ccccn4c3=O)CC2)c1. The molecule has 0 unspecified atom stereocenters. The van der Waals surface area contributed by atoms with Gasteiger partial charge in [-0.3, -0.25) is 18.9 Å². The number of pyridine rings is 1. The van der Waals surface area contributed by atoms with Crippen molar-refractivity contribution in [1.82, 2.24) is 19.2 Å². The number of benzene rings is 1. The maximum Gasteiger partial charge on any atom is 0.270 e. The molecule has 0 radical (unpaired) electrons. The third-order valence-corrected chi connectivity index (χ3v) is 4.99. The monoisotopic (exact) mass is 362 g/mol. The second kappa shape index (κ2) is 7.32. The third kappa shape index (κ3) is 3.61. The number of carbonyl (C=O) groups is 1. The molecule has 2 aromatic heterocycles. The van der Waals surface area contributed by atoms with Gasteiger partial charge in [0.05, 0.1) is 0 Å². The number of hydrogen-bond donors (Lipinski definition) is 0. The Morgan fingerprint density at radius 2 is 1.89 bits per heavy atom. The molecule has 1 fully saturated rings. The predicted molar refractivity (Wildman–Crippen MR) is 104 cm³/mol. The maximum absolute atomic E-state index is 12.8. The van der Waals surface area contributed by atoms with Gasteiger partial charge in [0.1, 0.15) is 11.2 Å². The molecular formula is C21H22N4O2. The predicted octanol–water partition coefficient (Wildman–Crippen LogP) is 1.96. The molecule has 3 aromatic rings. The zero-order chi connectivity index (χ0) is 18.8. The Morgan fingerprint density at radius 3 is 2.67 bits per heavy atom. The van der Waals surface area contributed by atoms with E-state index in [9.17, 15) is 9.59 Å². The average molecular weight is 362 g/mol. The lowest BCUT2D eigenvalue weighted by Crippen LogP contribution is -2.49. The zero-order valence-electron chi connectivity index (χ0n) is 15.3. The molecule has 1 amide bonds. The lowest BCUT2D eigenvalue weighted by Gasteiger charge is -2.34. The molecule has 1 saturated heterocycles. The van der Waals surface area contributed by atoms with E-state index in [-0.39, 0.29) is 17.0 Å². The highest BCUT2D eigenvalue weighted by Crippen LogP contribution is 2.12. The minimum atomic E-state index is -0.312. The normalized spacial score (nSPS) is 15.2. The van der Waals surface area contributed by atoms with Gasteiger partial charge in [0.2, 0.25) is 0 Å². The first-order valence-electron chi connectivity index (χ1n) is 9.15. The van der Waals surface area contributed by atoms with Crippen LogP contribution in [0.4, 0.5) is 0 Å². The van der Waals surface area contributed by atoms with Crippen molar-refractivity contribution in [3.63, 3.8) is 0 Å². The summed E-state index contributed by atoms with van der Waals surface area (Å²) in [6.07, 6.45) is 3.04. The van der Waals surface area contributed by atoms with Crippen molar-refractivity contribution < 1.29 is 4.79 Å². The Hall–Kier alpha value is -2.99. The van der Waals surface area contributed by atoms with Crippen molar-refractivity contribution in [3.05, 3.63) is 81.9 Å². The molecule has 0 atom stereocenters. The Balaban J connectivity index is 1.44. The van der Waals surface area contributed by atoms with Crippen molar-refractivity contribution >= 4 is 11.6 Å². The van der Waals surface area contributed by atoms with Crippen LogP contribution in [0.5, 0.6) is 0 Å². The maximum atomic E-state index is 12.8. The topological polar surface area (TPSA) is 57.9 Å². The molecule has 0 bridgehead atoms. The molecule has 27 heavy (non-hydrogen) atoms. The summed E-state index contributed by atoms with van der Waals surface area (Å²) in [4.78, 5) is 33.8. The smallest absolute Gasteiger partial charge is 0.270 e. The first-order chi connectivity index (χ1) is 13.1. The van der Waals surface area contributed by atoms with Crippen LogP contribution in [0.1, 0.15) is 21.5 Å². The average Bonchev–Trinajstić information content (AvgIpc) is 2.69. The Labute approximate surface area is 157 Å². The summed E-state index contributed by atoms with van der Waals surface area (Å²) in [6, 6.07) is 13.8. The van der Waals surface area contributed by atoms with Gasteiger partial charge in [-0.1, -0.05) is 35.9 Å². The lowest BCUT2D eigenvalue weighted by atomic mass is 10.1. The zero-order valence-corrected chi connectivity index (χ0v) is 15.3. The molecule has 6 heteroatoms. The van der Waals surface area contributed by atoms with Gasteiger partial charge in [-0.25, -0.2) is 4.98 Å². The van der Waals surface area contributed by atoms with Crippen LogP contribution in [0.2, 0.25) is 0 Å². The molecule has 6 nitrogen and oxygen atoms in total. The highest BCUT2D eigenvalue weighted by atomic mass is 16.2. The van der Waals surface area contributed by atoms with E-state index in [0.717, 1.165) is 19.6 Å². The van der Waals surface area contributed by atoms with Gasteiger partial charge in [0.25, 0.3) is 11.5 Å². The Kier molecular flexibility index (Phi) is 4.73. The van der Waals surface area contributed by atoms with Crippen LogP contribution < -0.4 is 5.56 Å². The molecule has 0 aliphatic carbocycles. The number of carbonyl (C=O) groups excluding carboxylic acids is 1. The number of rotatable bonds is 3. The summed E-state index contributed by atoms with van der Waals surface area (Å²) >= 11 is 0. The molecule has 4 rings (SSSR count). The van der Waals surface area contributed by atoms with Gasteiger partial charge < -0.3 is 4.90 Å². The number of aromatic nitrogens is 2. The van der Waals surface area contributed by atoms with Gasteiger partial charge in [-0.2, -0.15) is 0 Å². The molecule has 1 aromatic carbocycles. The quantitative estimate of drug-likeness (QED) is 0.715. The minimum absolute atomic E-state index is 0.130. The lowest BCUT2D eigenvalue weighted by molar-refractivity contribution is 0.0626. The molecule has 0 N–H and O–H groups in total. The summed E-state index contributed by atoms with van der Waals surface area (Å²) in [5.74, 6) is -0.235. The second-order valence-electron chi connectivity index (χ2n) is 6.96. The molecule has 3 heterocycles. The standard InChI is InChI=1S/C21H22N4O2/c1-16-5-4-6-17(13-16)15-23-9-11-24(12-10-23)20(26)18-14-22-19-7-2-3-8-25(19)21(18)27/h2-8,13-14H,9-12,15H2,1H3. The van der Waals surface area contributed by atoms with E-state index >= 15 is 0 Å². The van der Waals surface area contributed by atoms with Crippen molar-refractivity contribution in [2.24, 2.45) is 0 Å². The third-order valence-electron chi connectivity index (χ3n) is 4.99. The van der Waals surface area contributed by atoms with Gasteiger partial charge >= 0.3 is 0 Å². The fraction of sp³-hybridized carbons (Fsp3) is 0.286. The van der Waals surface area contributed by atoms with E-state index in [1.54, 1.807) is 23.2 Å². The molecule has 1 aliphatic heterocycles. The molecule has 0 saturated carbocycles. The van der Waals surface area contributed by atoms with Gasteiger partial charge in [0, 0.05) is 45.1 Å². The largest absolute Gasteiger partial charge is 0.336 e. The molecule has 1 aliphatic rings. The number of fused-ring (bicyclic) bond motifs is 1. The number of hydrogen-bond acceptors (Lipinski definition) is 4. The van der Waals surface area contributed by atoms with Crippen LogP contribution in [0, 0.1) is 6.92 Å². The van der Waals surface area contributed by atoms with Crippen LogP contribution >= 0.6 is 0 Å². The van der Waals surface area contributed by atoms with Crippen LogP contribution in [0.3, 0.4) is 0 Å². The number of nitrogens with zero attached hydrogens (tertiary/aromatic N) is 4. The van der Waals surface area contributed by atoms with Gasteiger partial charge in [-0.15, -0.1) is 0 Å². The van der Waals surface area contributed by atoms with E-state index in [0.29, 0.717) is 18.7 Å². The van der Waals surface area contributed by atoms with Crippen LogP contribution in [0.25, 0.3) is 5.65 Å². The molecule has 138 valence electrons. The Morgan fingerprint density at radius 1 is 1.07 bits per heavy atom. The van der Waals surface area contributed by atoms with Crippen molar-refractivity contribution in [2.75, 3.05) is 26.2 Å². The summed E-state index contributed by atoms with van der Waals surface area (Å²) in [5.41, 5.74) is 2.90. The summed E-state index contributed by atoms with van der Waals surface area (Å²) in [5, 5.41) is 0. The first kappa shape index (κ1) is 17.4. The highest BCUT2D eigenvalue weighted by molar-refractivity contribution is 5.93. The van der Waals surface area contributed by atoms with E-state index in [4.69, 9.17) is 0 Å². The van der Waals surface area contributed by atoms with Gasteiger partial charge in [-0.05, 0) is 24.6 Å². The highest BCUT2D eigenvalue weighted by Gasteiger charge is 2.24. The Bertz CT molecular complexity index is 1040. The van der Waals surface area contributed by atoms with E-state index in [1.807, 2.05) is 6.07 Å². The summed E-state index contributed by atoms with van der Waals surface area (Å²) < 4.78 is 1.42. The fourth-order valence-corrected chi connectivity index (χ4v) is 3.52. The van der Waals surface area contributed by atoms with E-state index < -0.39 is 0 Å². The first-order valence-corrected chi connectivity index (χ1v) is 9.15. The minimum Gasteiger partial charge on any atom is -0.336 e. The molecule has 0 spiro atoms. The number of piperazine rings is 1. The second-order valence-corrected chi connectivity index (χ2v) is 6.96.